The number of H-pyrrole nitrogens is 1. The molecule has 0 saturated carbocycles. The minimum atomic E-state index is -2.93. The summed E-state index contributed by atoms with van der Waals surface area (Å²) in [6.45, 7) is -2.93. The summed E-state index contributed by atoms with van der Waals surface area (Å²) >= 11 is 0. The van der Waals surface area contributed by atoms with Gasteiger partial charge >= 0.3 is 6.61 Å². The van der Waals surface area contributed by atoms with Crippen molar-refractivity contribution < 1.29 is 18.3 Å². The summed E-state index contributed by atoms with van der Waals surface area (Å²) in [5, 5.41) is 11.7. The Morgan fingerprint density at radius 3 is 2.92 bits per heavy atom. The fraction of sp³-hybridized carbons (Fsp3) is 0.143. The number of halogens is 2. The van der Waals surface area contributed by atoms with E-state index in [9.17, 15) is 8.78 Å². The highest BCUT2D eigenvalue weighted by atomic mass is 19.3. The molecule has 0 bridgehead atoms. The lowest BCUT2D eigenvalue weighted by molar-refractivity contribution is -0.0512. The van der Waals surface area contributed by atoms with Crippen molar-refractivity contribution in [2.24, 2.45) is 0 Å². The molecule has 0 spiro atoms. The SMILES string of the molecule is COc1cc(-c2nc3c4cn[nH]c4ncn3n2)ccc1OC(F)F. The first-order chi connectivity index (χ1) is 11.7. The Hall–Kier alpha value is -3.30. The van der Waals surface area contributed by atoms with Gasteiger partial charge in [0.1, 0.15) is 6.33 Å². The van der Waals surface area contributed by atoms with Crippen LogP contribution in [0.15, 0.2) is 30.7 Å². The van der Waals surface area contributed by atoms with Gasteiger partial charge in [0.05, 0.1) is 18.7 Å². The van der Waals surface area contributed by atoms with Crippen molar-refractivity contribution in [1.29, 1.82) is 0 Å². The van der Waals surface area contributed by atoms with Crippen LogP contribution in [0.5, 0.6) is 11.5 Å². The van der Waals surface area contributed by atoms with Crippen molar-refractivity contribution in [3.05, 3.63) is 30.7 Å². The predicted octanol–water partition coefficient (Wildman–Crippen LogP) is 2.28. The first-order valence-corrected chi connectivity index (χ1v) is 6.83. The molecule has 0 aliphatic heterocycles. The molecule has 8 nitrogen and oxygen atoms in total. The smallest absolute Gasteiger partial charge is 0.387 e. The van der Waals surface area contributed by atoms with E-state index in [0.29, 0.717) is 22.7 Å². The number of nitrogens with one attached hydrogen (secondary N) is 1. The third-order valence-electron chi connectivity index (χ3n) is 3.43. The van der Waals surface area contributed by atoms with E-state index in [1.807, 2.05) is 0 Å². The average Bonchev–Trinajstić information content (AvgIpc) is 3.20. The highest BCUT2D eigenvalue weighted by Gasteiger charge is 2.15. The zero-order valence-electron chi connectivity index (χ0n) is 12.3. The fourth-order valence-electron chi connectivity index (χ4n) is 2.36. The zero-order chi connectivity index (χ0) is 16.7. The number of methoxy groups -OCH3 is 1. The first kappa shape index (κ1) is 14.3. The van der Waals surface area contributed by atoms with Crippen LogP contribution in [-0.4, -0.2) is 43.5 Å². The van der Waals surface area contributed by atoms with Crippen LogP contribution >= 0.6 is 0 Å². The van der Waals surface area contributed by atoms with Gasteiger partial charge in [0.15, 0.2) is 28.6 Å². The minimum Gasteiger partial charge on any atom is -0.493 e. The molecule has 0 fully saturated rings. The second kappa shape index (κ2) is 5.41. The summed E-state index contributed by atoms with van der Waals surface area (Å²) in [5.74, 6) is 0.504. The molecule has 122 valence electrons. The van der Waals surface area contributed by atoms with Crippen LogP contribution in [-0.2, 0) is 0 Å². The number of aromatic nitrogens is 6. The first-order valence-electron chi connectivity index (χ1n) is 6.83. The van der Waals surface area contributed by atoms with Gasteiger partial charge in [-0.1, -0.05) is 0 Å². The Morgan fingerprint density at radius 2 is 2.12 bits per heavy atom. The van der Waals surface area contributed by atoms with Gasteiger partial charge in [0.2, 0.25) is 0 Å². The van der Waals surface area contributed by atoms with Gasteiger partial charge in [-0.25, -0.2) is 14.5 Å². The predicted molar refractivity (Wildman–Crippen MR) is 79.1 cm³/mol. The van der Waals surface area contributed by atoms with Crippen molar-refractivity contribution in [1.82, 2.24) is 29.8 Å². The number of alkyl halides is 2. The monoisotopic (exact) mass is 332 g/mol. The Bertz CT molecular complexity index is 1030. The topological polar surface area (TPSA) is 90.2 Å². The summed E-state index contributed by atoms with van der Waals surface area (Å²) in [7, 11) is 1.37. The number of ether oxygens (including phenoxy) is 2. The van der Waals surface area contributed by atoms with Crippen LogP contribution in [0.4, 0.5) is 8.78 Å². The van der Waals surface area contributed by atoms with E-state index in [0.717, 1.165) is 5.39 Å². The molecule has 3 heterocycles. The lowest BCUT2D eigenvalue weighted by Crippen LogP contribution is -2.03. The number of aromatic amines is 1. The third kappa shape index (κ3) is 2.28. The minimum absolute atomic E-state index is 0.0566. The Labute approximate surface area is 133 Å². The number of hydrogen-bond donors (Lipinski definition) is 1. The molecule has 1 N–H and O–H groups in total. The number of nitrogens with zero attached hydrogens (tertiary/aromatic N) is 5. The molecule has 0 aliphatic rings. The maximum atomic E-state index is 12.4. The average molecular weight is 332 g/mol. The van der Waals surface area contributed by atoms with E-state index in [2.05, 4.69) is 30.0 Å². The Morgan fingerprint density at radius 1 is 1.25 bits per heavy atom. The number of fused-ring (bicyclic) bond motifs is 3. The zero-order valence-corrected chi connectivity index (χ0v) is 12.3. The molecule has 1 aromatic carbocycles. The third-order valence-corrected chi connectivity index (χ3v) is 3.43. The van der Waals surface area contributed by atoms with E-state index < -0.39 is 6.61 Å². The van der Waals surface area contributed by atoms with Crippen molar-refractivity contribution in [3.63, 3.8) is 0 Å². The molecule has 4 aromatic rings. The molecule has 10 heteroatoms. The summed E-state index contributed by atoms with van der Waals surface area (Å²) in [4.78, 5) is 8.63. The molecule has 3 aromatic heterocycles. The van der Waals surface area contributed by atoms with E-state index in [1.165, 1.54) is 30.1 Å². The van der Waals surface area contributed by atoms with E-state index in [4.69, 9.17) is 4.74 Å². The van der Waals surface area contributed by atoms with Crippen LogP contribution in [0.1, 0.15) is 0 Å². The maximum Gasteiger partial charge on any atom is 0.387 e. The van der Waals surface area contributed by atoms with Crippen LogP contribution in [0.25, 0.3) is 28.1 Å². The van der Waals surface area contributed by atoms with Crippen molar-refractivity contribution in [2.75, 3.05) is 7.11 Å². The van der Waals surface area contributed by atoms with Gasteiger partial charge in [-0.15, -0.1) is 5.10 Å². The summed E-state index contributed by atoms with van der Waals surface area (Å²) < 4.78 is 35.8. The van der Waals surface area contributed by atoms with Gasteiger partial charge in [-0.05, 0) is 18.2 Å². The van der Waals surface area contributed by atoms with Gasteiger partial charge in [0.25, 0.3) is 0 Å². The molecule has 0 saturated heterocycles. The molecule has 0 atom stereocenters. The Kier molecular flexibility index (Phi) is 3.22. The highest BCUT2D eigenvalue weighted by Crippen LogP contribution is 2.32. The summed E-state index contributed by atoms with van der Waals surface area (Å²) in [6.07, 6.45) is 3.12. The highest BCUT2D eigenvalue weighted by molar-refractivity contribution is 5.88. The standard InChI is InChI=1S/C14H10F2N6O2/c1-23-10-4-7(2-3-9(10)24-14(15)16)11-19-13-8-5-18-20-12(8)17-6-22(13)21-11/h2-6,14H,1H3,(H,18,20). The molecule has 0 radical (unpaired) electrons. The molecule has 0 unspecified atom stereocenters. The summed E-state index contributed by atoms with van der Waals surface area (Å²) in [6, 6.07) is 4.50. The van der Waals surface area contributed by atoms with Crippen LogP contribution in [0.3, 0.4) is 0 Å². The van der Waals surface area contributed by atoms with E-state index in [1.54, 1.807) is 12.3 Å². The lowest BCUT2D eigenvalue weighted by atomic mass is 10.2. The van der Waals surface area contributed by atoms with Crippen molar-refractivity contribution in [3.8, 4) is 22.9 Å². The number of benzene rings is 1. The molecular formula is C14H10F2N6O2. The van der Waals surface area contributed by atoms with Crippen molar-refractivity contribution in [2.45, 2.75) is 6.61 Å². The van der Waals surface area contributed by atoms with Gasteiger partial charge < -0.3 is 9.47 Å². The molecular weight excluding hydrogens is 322 g/mol. The summed E-state index contributed by atoms with van der Waals surface area (Å²) in [5.41, 5.74) is 1.77. The van der Waals surface area contributed by atoms with Crippen LogP contribution < -0.4 is 9.47 Å². The van der Waals surface area contributed by atoms with E-state index >= 15 is 0 Å². The second-order valence-electron chi connectivity index (χ2n) is 4.82. The fourth-order valence-corrected chi connectivity index (χ4v) is 2.36. The van der Waals surface area contributed by atoms with Crippen LogP contribution in [0, 0.1) is 0 Å². The quantitative estimate of drug-likeness (QED) is 0.616. The largest absolute Gasteiger partial charge is 0.493 e. The lowest BCUT2D eigenvalue weighted by Gasteiger charge is -2.10. The van der Waals surface area contributed by atoms with Gasteiger partial charge in [-0.2, -0.15) is 13.9 Å². The number of hydrogen-bond acceptors (Lipinski definition) is 6. The molecule has 0 aliphatic carbocycles. The van der Waals surface area contributed by atoms with Crippen molar-refractivity contribution >= 4 is 16.7 Å². The van der Waals surface area contributed by atoms with Gasteiger partial charge in [0, 0.05) is 5.56 Å². The van der Waals surface area contributed by atoms with Crippen LogP contribution in [0.2, 0.25) is 0 Å². The molecule has 24 heavy (non-hydrogen) atoms. The van der Waals surface area contributed by atoms with E-state index in [-0.39, 0.29) is 11.5 Å². The second-order valence-corrected chi connectivity index (χ2v) is 4.82. The maximum absolute atomic E-state index is 12.4. The Balaban J connectivity index is 1.81. The molecule has 0 amide bonds. The van der Waals surface area contributed by atoms with Gasteiger partial charge in [-0.3, -0.25) is 5.10 Å². The molecule has 4 rings (SSSR count). The number of rotatable bonds is 4. The normalized spacial score (nSPS) is 11.5.